The molecule has 2 aromatic carbocycles. The Balaban J connectivity index is 1.56. The molecule has 160 valence electrons. The van der Waals surface area contributed by atoms with Crippen molar-refractivity contribution in [2.24, 2.45) is 0 Å². The van der Waals surface area contributed by atoms with Crippen molar-refractivity contribution in [1.82, 2.24) is 24.5 Å². The number of aryl methyl sites for hydroxylation is 2. The molecule has 0 radical (unpaired) electrons. The van der Waals surface area contributed by atoms with Crippen molar-refractivity contribution in [3.05, 3.63) is 70.8 Å². The van der Waals surface area contributed by atoms with E-state index in [1.807, 2.05) is 42.5 Å². The highest BCUT2D eigenvalue weighted by Gasteiger charge is 2.37. The van der Waals surface area contributed by atoms with E-state index in [-0.39, 0.29) is 18.1 Å². The Labute approximate surface area is 176 Å². The molecule has 31 heavy (non-hydrogen) atoms. The van der Waals surface area contributed by atoms with Crippen LogP contribution >= 0.6 is 0 Å². The number of fused-ring (bicyclic) bond motifs is 2. The van der Waals surface area contributed by atoms with E-state index in [0.717, 1.165) is 20.9 Å². The van der Waals surface area contributed by atoms with Gasteiger partial charge in [-0.3, -0.25) is 4.79 Å². The fraction of sp³-hybridized carbons (Fsp3) is 0.273. The Bertz CT molecular complexity index is 1300. The number of hydrogen-bond donors (Lipinski definition) is 0. The summed E-state index contributed by atoms with van der Waals surface area (Å²) in [4.78, 5) is 22.0. The van der Waals surface area contributed by atoms with Crippen molar-refractivity contribution >= 4 is 22.5 Å². The van der Waals surface area contributed by atoms with Crippen LogP contribution in [0.4, 0.5) is 13.2 Å². The average Bonchev–Trinajstić information content (AvgIpc) is 3.15. The SMILES string of the molecule is Cc1nc2nc(C(F)(F)F)nn2c(C)c1CC(=O)N(C)Cc1ccc2ccccc2c1. The molecule has 4 rings (SSSR count). The lowest BCUT2D eigenvalue weighted by Crippen LogP contribution is -2.28. The van der Waals surface area contributed by atoms with Crippen LogP contribution in [0.2, 0.25) is 0 Å². The number of halogens is 3. The van der Waals surface area contributed by atoms with E-state index < -0.39 is 12.0 Å². The fourth-order valence-corrected chi connectivity index (χ4v) is 3.57. The van der Waals surface area contributed by atoms with Crippen molar-refractivity contribution in [2.45, 2.75) is 33.0 Å². The number of hydrogen-bond acceptors (Lipinski definition) is 4. The summed E-state index contributed by atoms with van der Waals surface area (Å²) in [5.41, 5.74) is 2.40. The number of nitrogens with zero attached hydrogens (tertiary/aromatic N) is 5. The van der Waals surface area contributed by atoms with Crippen molar-refractivity contribution in [3.63, 3.8) is 0 Å². The van der Waals surface area contributed by atoms with Crippen molar-refractivity contribution in [2.75, 3.05) is 7.05 Å². The number of alkyl halides is 3. The fourth-order valence-electron chi connectivity index (χ4n) is 3.57. The molecule has 0 aliphatic rings. The molecular weight excluding hydrogens is 407 g/mol. The van der Waals surface area contributed by atoms with Crippen LogP contribution < -0.4 is 0 Å². The van der Waals surface area contributed by atoms with Gasteiger partial charge in [0, 0.05) is 30.5 Å². The average molecular weight is 427 g/mol. The highest BCUT2D eigenvalue weighted by atomic mass is 19.4. The van der Waals surface area contributed by atoms with E-state index in [0.29, 0.717) is 23.5 Å². The second-order valence-corrected chi connectivity index (χ2v) is 7.51. The summed E-state index contributed by atoms with van der Waals surface area (Å²) < 4.78 is 39.9. The molecule has 4 aromatic rings. The van der Waals surface area contributed by atoms with Crippen LogP contribution in [0, 0.1) is 13.8 Å². The first kappa shape index (κ1) is 20.8. The van der Waals surface area contributed by atoms with Gasteiger partial charge >= 0.3 is 6.18 Å². The summed E-state index contributed by atoms with van der Waals surface area (Å²) in [6.07, 6.45) is -4.66. The zero-order chi connectivity index (χ0) is 22.3. The van der Waals surface area contributed by atoms with Gasteiger partial charge in [0.1, 0.15) is 0 Å². The summed E-state index contributed by atoms with van der Waals surface area (Å²) in [5, 5.41) is 5.74. The predicted molar refractivity (Wildman–Crippen MR) is 109 cm³/mol. The number of aromatic nitrogens is 4. The summed E-state index contributed by atoms with van der Waals surface area (Å²) in [5.74, 6) is -1.56. The van der Waals surface area contributed by atoms with Crippen molar-refractivity contribution < 1.29 is 18.0 Å². The Hall–Kier alpha value is -3.49. The maximum atomic E-state index is 13.0. The molecule has 2 aromatic heterocycles. The van der Waals surface area contributed by atoms with Gasteiger partial charge in [-0.1, -0.05) is 36.4 Å². The van der Waals surface area contributed by atoms with Gasteiger partial charge in [-0.15, -0.1) is 5.10 Å². The zero-order valence-electron chi connectivity index (χ0n) is 17.2. The molecule has 6 nitrogen and oxygen atoms in total. The number of rotatable bonds is 4. The normalized spacial score (nSPS) is 11.9. The van der Waals surface area contributed by atoms with E-state index in [4.69, 9.17) is 0 Å². The maximum Gasteiger partial charge on any atom is 0.453 e. The van der Waals surface area contributed by atoms with Crippen molar-refractivity contribution in [3.8, 4) is 0 Å². The minimum absolute atomic E-state index is 0.00585. The minimum atomic E-state index is -4.66. The molecule has 0 aliphatic carbocycles. The lowest BCUT2D eigenvalue weighted by atomic mass is 10.1. The predicted octanol–water partition coefficient (Wildman–Crippen LogP) is 4.11. The van der Waals surface area contributed by atoms with E-state index in [1.165, 1.54) is 0 Å². The summed E-state index contributed by atoms with van der Waals surface area (Å²) in [7, 11) is 1.70. The number of carbonyl (C=O) groups is 1. The summed E-state index contributed by atoms with van der Waals surface area (Å²) in [6, 6.07) is 14.0. The third-order valence-corrected chi connectivity index (χ3v) is 5.29. The Morgan fingerprint density at radius 3 is 2.48 bits per heavy atom. The third kappa shape index (κ3) is 4.08. The number of benzene rings is 2. The van der Waals surface area contributed by atoms with Crippen LogP contribution in [0.5, 0.6) is 0 Å². The summed E-state index contributed by atoms with van der Waals surface area (Å²) in [6.45, 7) is 3.68. The van der Waals surface area contributed by atoms with Gasteiger partial charge < -0.3 is 4.90 Å². The second-order valence-electron chi connectivity index (χ2n) is 7.51. The largest absolute Gasteiger partial charge is 0.453 e. The Morgan fingerprint density at radius 1 is 1.06 bits per heavy atom. The van der Waals surface area contributed by atoms with Crippen LogP contribution in [-0.4, -0.2) is 37.4 Å². The highest BCUT2D eigenvalue weighted by Crippen LogP contribution is 2.27. The van der Waals surface area contributed by atoms with E-state index in [9.17, 15) is 18.0 Å². The number of amides is 1. The van der Waals surface area contributed by atoms with Gasteiger partial charge in [0.05, 0.1) is 6.42 Å². The second kappa shape index (κ2) is 7.64. The zero-order valence-corrected chi connectivity index (χ0v) is 17.2. The maximum absolute atomic E-state index is 13.0. The van der Waals surface area contributed by atoms with Gasteiger partial charge in [-0.2, -0.15) is 18.2 Å². The molecule has 0 saturated heterocycles. The highest BCUT2D eigenvalue weighted by molar-refractivity contribution is 5.83. The van der Waals surface area contributed by atoms with Gasteiger partial charge in [-0.25, -0.2) is 9.50 Å². The molecule has 0 atom stereocenters. The first-order valence-electron chi connectivity index (χ1n) is 9.65. The van der Waals surface area contributed by atoms with E-state index >= 15 is 0 Å². The van der Waals surface area contributed by atoms with Gasteiger partial charge in [-0.05, 0) is 36.2 Å². The molecule has 0 saturated carbocycles. The first-order chi connectivity index (χ1) is 14.6. The third-order valence-electron chi connectivity index (χ3n) is 5.29. The minimum Gasteiger partial charge on any atom is -0.341 e. The molecule has 0 fully saturated rings. The Morgan fingerprint density at radius 2 is 1.77 bits per heavy atom. The molecule has 0 bridgehead atoms. The smallest absolute Gasteiger partial charge is 0.341 e. The molecule has 0 spiro atoms. The van der Waals surface area contributed by atoms with Crippen molar-refractivity contribution in [1.29, 1.82) is 0 Å². The van der Waals surface area contributed by atoms with Crippen LogP contribution in [-0.2, 0) is 23.9 Å². The molecule has 2 heterocycles. The van der Waals surface area contributed by atoms with E-state index in [2.05, 4.69) is 15.1 Å². The Kier molecular flexibility index (Phi) is 5.12. The lowest BCUT2D eigenvalue weighted by Gasteiger charge is -2.19. The number of likely N-dealkylation sites (N-methyl/N-ethyl adjacent to an activating group) is 1. The first-order valence-corrected chi connectivity index (χ1v) is 9.65. The summed E-state index contributed by atoms with van der Waals surface area (Å²) >= 11 is 0. The lowest BCUT2D eigenvalue weighted by molar-refractivity contribution is -0.144. The standard InChI is InChI=1S/C22H20F3N5O/c1-13-18(14(2)30-21(26-13)27-20(28-30)22(23,24)25)11-19(31)29(3)12-15-8-9-16-6-4-5-7-17(16)10-15/h4-10H,11-12H2,1-3H3. The van der Waals surface area contributed by atoms with Crippen LogP contribution in [0.1, 0.15) is 28.3 Å². The van der Waals surface area contributed by atoms with Crippen LogP contribution in [0.15, 0.2) is 42.5 Å². The van der Waals surface area contributed by atoms with Gasteiger partial charge in [0.15, 0.2) is 0 Å². The van der Waals surface area contributed by atoms with E-state index in [1.54, 1.807) is 25.8 Å². The van der Waals surface area contributed by atoms with Crippen LogP contribution in [0.25, 0.3) is 16.6 Å². The molecule has 0 N–H and O–H groups in total. The molecule has 1 amide bonds. The molecule has 0 unspecified atom stereocenters. The van der Waals surface area contributed by atoms with Gasteiger partial charge in [0.25, 0.3) is 11.6 Å². The van der Waals surface area contributed by atoms with Gasteiger partial charge in [0.2, 0.25) is 5.91 Å². The molecule has 0 aliphatic heterocycles. The number of carbonyl (C=O) groups excluding carboxylic acids is 1. The topological polar surface area (TPSA) is 63.4 Å². The quantitative estimate of drug-likeness (QED) is 0.492. The molecular formula is C22H20F3N5O. The monoisotopic (exact) mass is 427 g/mol. The van der Waals surface area contributed by atoms with Crippen LogP contribution in [0.3, 0.4) is 0 Å². The molecule has 9 heteroatoms.